The quantitative estimate of drug-likeness (QED) is 0.394. The topological polar surface area (TPSA) is 74.6 Å². The van der Waals surface area contributed by atoms with Gasteiger partial charge in [0.25, 0.3) is 0 Å². The highest BCUT2D eigenvalue weighted by molar-refractivity contribution is 9.10. The number of amides is 1. The van der Waals surface area contributed by atoms with E-state index in [-0.39, 0.29) is 11.7 Å². The number of aromatic hydroxyl groups is 1. The summed E-state index contributed by atoms with van der Waals surface area (Å²) in [5.41, 5.74) is 3.82. The Balaban J connectivity index is 1.96. The monoisotopic (exact) mass is 391 g/mol. The predicted octanol–water partition coefficient (Wildman–Crippen LogP) is 4.51. The number of nitrogens with one attached hydrogen (secondary N) is 1. The van der Waals surface area contributed by atoms with Crippen LogP contribution in [0.15, 0.2) is 34.0 Å². The first-order valence-electron chi connectivity index (χ1n) is 8.21. The van der Waals surface area contributed by atoms with Crippen LogP contribution < -0.4 is 5.43 Å². The highest BCUT2D eigenvalue weighted by Crippen LogP contribution is 2.32. The van der Waals surface area contributed by atoms with Crippen LogP contribution in [-0.2, 0) is 4.79 Å². The van der Waals surface area contributed by atoms with E-state index >= 15 is 0 Å². The van der Waals surface area contributed by atoms with E-state index in [2.05, 4.69) is 38.4 Å². The summed E-state index contributed by atoms with van der Waals surface area (Å²) in [7, 11) is 0. The number of halogens is 1. The van der Waals surface area contributed by atoms with Gasteiger partial charge in [-0.15, -0.1) is 0 Å². The lowest BCUT2D eigenvalue weighted by atomic mass is 10.1. The lowest BCUT2D eigenvalue weighted by molar-refractivity contribution is -0.121. The van der Waals surface area contributed by atoms with Gasteiger partial charge in [0.15, 0.2) is 5.75 Å². The number of aromatic nitrogens is 1. The molecule has 6 heteroatoms. The number of hydrogen-bond donors (Lipinski definition) is 2. The molecule has 0 aliphatic heterocycles. The SMILES string of the molecule is CCCCCCCC(=O)N/N=C\c1cc(Br)c(O)c2ncccc12. The van der Waals surface area contributed by atoms with Gasteiger partial charge in [-0.1, -0.05) is 38.7 Å². The molecular weight excluding hydrogens is 370 g/mol. The molecule has 1 amide bonds. The molecule has 0 spiro atoms. The summed E-state index contributed by atoms with van der Waals surface area (Å²) in [5.74, 6) is 0.0156. The second-order valence-corrected chi connectivity index (χ2v) is 6.51. The Labute approximate surface area is 150 Å². The Morgan fingerprint density at radius 2 is 2.17 bits per heavy atom. The number of fused-ring (bicyclic) bond motifs is 1. The fourth-order valence-corrected chi connectivity index (χ4v) is 2.88. The first-order valence-corrected chi connectivity index (χ1v) is 9.01. The molecule has 2 rings (SSSR count). The molecule has 0 saturated carbocycles. The molecule has 1 aromatic carbocycles. The van der Waals surface area contributed by atoms with Gasteiger partial charge in [0.1, 0.15) is 5.52 Å². The fourth-order valence-electron chi connectivity index (χ4n) is 2.45. The van der Waals surface area contributed by atoms with E-state index in [0.717, 1.165) is 23.8 Å². The molecule has 1 aromatic heterocycles. The highest BCUT2D eigenvalue weighted by atomic mass is 79.9. The normalized spacial score (nSPS) is 11.2. The van der Waals surface area contributed by atoms with Gasteiger partial charge in [0.2, 0.25) is 5.91 Å². The Morgan fingerprint density at radius 3 is 2.96 bits per heavy atom. The van der Waals surface area contributed by atoms with Crippen molar-refractivity contribution in [2.45, 2.75) is 45.4 Å². The lowest BCUT2D eigenvalue weighted by Crippen LogP contribution is -2.16. The van der Waals surface area contributed by atoms with Crippen LogP contribution in [0, 0.1) is 0 Å². The zero-order valence-corrected chi connectivity index (χ0v) is 15.3. The first-order chi connectivity index (χ1) is 11.6. The molecule has 0 atom stereocenters. The summed E-state index contributed by atoms with van der Waals surface area (Å²) >= 11 is 3.30. The van der Waals surface area contributed by atoms with Gasteiger partial charge in [-0.25, -0.2) is 5.43 Å². The number of carbonyl (C=O) groups excluding carboxylic acids is 1. The van der Waals surface area contributed by atoms with Crippen molar-refractivity contribution in [1.29, 1.82) is 0 Å². The third kappa shape index (κ3) is 5.03. The molecule has 0 aliphatic rings. The van der Waals surface area contributed by atoms with Crippen molar-refractivity contribution in [3.05, 3.63) is 34.4 Å². The predicted molar refractivity (Wildman–Crippen MR) is 100 cm³/mol. The molecule has 0 radical (unpaired) electrons. The van der Waals surface area contributed by atoms with Gasteiger partial charge in [0.05, 0.1) is 10.7 Å². The van der Waals surface area contributed by atoms with Gasteiger partial charge in [-0.05, 0) is 34.5 Å². The average molecular weight is 392 g/mol. The molecule has 0 bridgehead atoms. The van der Waals surface area contributed by atoms with Crippen LogP contribution in [0.5, 0.6) is 5.75 Å². The van der Waals surface area contributed by atoms with Crippen molar-refractivity contribution < 1.29 is 9.90 Å². The fraction of sp³-hybridized carbons (Fsp3) is 0.389. The van der Waals surface area contributed by atoms with E-state index in [9.17, 15) is 9.90 Å². The number of rotatable bonds is 8. The molecule has 24 heavy (non-hydrogen) atoms. The molecule has 128 valence electrons. The number of benzene rings is 1. The summed E-state index contributed by atoms with van der Waals surface area (Å²) in [5, 5.41) is 14.8. The number of phenolic OH excluding ortho intramolecular Hbond substituents is 1. The molecule has 2 N–H and O–H groups in total. The van der Waals surface area contributed by atoms with Crippen molar-refractivity contribution in [3.63, 3.8) is 0 Å². The molecule has 5 nitrogen and oxygen atoms in total. The van der Waals surface area contributed by atoms with E-state index in [1.54, 1.807) is 24.5 Å². The maximum absolute atomic E-state index is 11.8. The molecule has 1 heterocycles. The molecule has 0 unspecified atom stereocenters. The van der Waals surface area contributed by atoms with Gasteiger partial charge in [-0.3, -0.25) is 9.78 Å². The second-order valence-electron chi connectivity index (χ2n) is 5.65. The number of hydrazone groups is 1. The van der Waals surface area contributed by atoms with Gasteiger partial charge >= 0.3 is 0 Å². The average Bonchev–Trinajstić information content (AvgIpc) is 2.59. The Kier molecular flexibility index (Phi) is 7.18. The number of nitrogens with zero attached hydrogens (tertiary/aromatic N) is 2. The van der Waals surface area contributed by atoms with Gasteiger partial charge in [-0.2, -0.15) is 5.10 Å². The zero-order valence-electron chi connectivity index (χ0n) is 13.8. The minimum absolute atomic E-state index is 0.0805. The molecule has 2 aromatic rings. The Hall–Kier alpha value is -1.95. The van der Waals surface area contributed by atoms with Gasteiger partial charge < -0.3 is 5.11 Å². The summed E-state index contributed by atoms with van der Waals surface area (Å²) in [6.45, 7) is 2.17. The molecule has 0 saturated heterocycles. The summed E-state index contributed by atoms with van der Waals surface area (Å²) in [6.07, 6.45) is 9.23. The number of carbonyl (C=O) groups is 1. The van der Waals surface area contributed by atoms with Crippen molar-refractivity contribution >= 4 is 39.0 Å². The zero-order chi connectivity index (χ0) is 17.4. The smallest absolute Gasteiger partial charge is 0.240 e. The van der Waals surface area contributed by atoms with Crippen LogP contribution in [0.25, 0.3) is 10.9 Å². The first kappa shape index (κ1) is 18.4. The van der Waals surface area contributed by atoms with Crippen molar-refractivity contribution in [3.8, 4) is 5.75 Å². The van der Waals surface area contributed by atoms with E-state index in [1.807, 2.05) is 6.07 Å². The number of hydrogen-bond acceptors (Lipinski definition) is 4. The second kappa shape index (κ2) is 9.37. The van der Waals surface area contributed by atoms with Crippen LogP contribution in [0.3, 0.4) is 0 Å². The Morgan fingerprint density at radius 1 is 1.38 bits per heavy atom. The van der Waals surface area contributed by atoms with Crippen LogP contribution in [0.1, 0.15) is 51.0 Å². The van der Waals surface area contributed by atoms with Crippen LogP contribution in [0.4, 0.5) is 0 Å². The number of unbranched alkanes of at least 4 members (excludes halogenated alkanes) is 4. The van der Waals surface area contributed by atoms with E-state index in [1.165, 1.54) is 19.3 Å². The van der Waals surface area contributed by atoms with Crippen LogP contribution in [-0.4, -0.2) is 22.2 Å². The minimum atomic E-state index is -0.0805. The van der Waals surface area contributed by atoms with Gasteiger partial charge in [0, 0.05) is 23.6 Å². The highest BCUT2D eigenvalue weighted by Gasteiger charge is 2.09. The van der Waals surface area contributed by atoms with Crippen LogP contribution in [0.2, 0.25) is 0 Å². The third-order valence-electron chi connectivity index (χ3n) is 3.75. The van der Waals surface area contributed by atoms with E-state index in [0.29, 0.717) is 16.4 Å². The maximum atomic E-state index is 11.8. The maximum Gasteiger partial charge on any atom is 0.240 e. The van der Waals surface area contributed by atoms with Crippen molar-refractivity contribution in [2.24, 2.45) is 5.10 Å². The molecule has 0 fully saturated rings. The number of pyridine rings is 1. The summed E-state index contributed by atoms with van der Waals surface area (Å²) in [6, 6.07) is 5.40. The van der Waals surface area contributed by atoms with Crippen LogP contribution >= 0.6 is 15.9 Å². The summed E-state index contributed by atoms with van der Waals surface area (Å²) < 4.78 is 0.539. The lowest BCUT2D eigenvalue weighted by Gasteiger charge is -2.06. The summed E-state index contributed by atoms with van der Waals surface area (Å²) in [4.78, 5) is 15.9. The van der Waals surface area contributed by atoms with Crippen molar-refractivity contribution in [1.82, 2.24) is 10.4 Å². The molecular formula is C18H22BrN3O2. The number of phenols is 1. The minimum Gasteiger partial charge on any atom is -0.505 e. The third-order valence-corrected chi connectivity index (χ3v) is 4.36. The van der Waals surface area contributed by atoms with E-state index < -0.39 is 0 Å². The largest absolute Gasteiger partial charge is 0.505 e. The Bertz CT molecular complexity index is 732. The molecule has 0 aliphatic carbocycles. The van der Waals surface area contributed by atoms with Crippen molar-refractivity contribution in [2.75, 3.05) is 0 Å². The van der Waals surface area contributed by atoms with E-state index in [4.69, 9.17) is 0 Å². The standard InChI is InChI=1S/C18H22BrN3O2/c1-2-3-4-5-6-9-16(23)22-21-12-13-11-15(19)18(24)17-14(13)8-7-10-20-17/h7-8,10-12,24H,2-6,9H2,1H3,(H,22,23)/b21-12-.